The lowest BCUT2D eigenvalue weighted by Gasteiger charge is -2.26. The third-order valence-electron chi connectivity index (χ3n) is 4.24. The van der Waals surface area contributed by atoms with Crippen LogP contribution in [0.2, 0.25) is 0 Å². The number of piperidine rings is 1. The van der Waals surface area contributed by atoms with Crippen molar-refractivity contribution in [2.24, 2.45) is 0 Å². The van der Waals surface area contributed by atoms with E-state index in [0.29, 0.717) is 5.95 Å². The first-order chi connectivity index (χ1) is 13.2. The third-order valence-corrected chi connectivity index (χ3v) is 5.13. The minimum absolute atomic E-state index is 0.117. The minimum atomic E-state index is -0.117. The van der Waals surface area contributed by atoms with Gasteiger partial charge in [-0.1, -0.05) is 12.5 Å². The van der Waals surface area contributed by atoms with E-state index in [1.54, 1.807) is 11.3 Å². The molecule has 0 aliphatic carbocycles. The van der Waals surface area contributed by atoms with E-state index in [1.807, 2.05) is 37.0 Å². The van der Waals surface area contributed by atoms with Gasteiger partial charge in [0.1, 0.15) is 0 Å². The van der Waals surface area contributed by atoms with Gasteiger partial charge in [-0.2, -0.15) is 0 Å². The normalized spacial score (nSPS) is 14.3. The first kappa shape index (κ1) is 19.2. The van der Waals surface area contributed by atoms with Crippen LogP contribution < -0.4 is 10.9 Å². The van der Waals surface area contributed by atoms with Gasteiger partial charge >= 0.3 is 0 Å². The summed E-state index contributed by atoms with van der Waals surface area (Å²) >= 11 is 1.57. The highest BCUT2D eigenvalue weighted by Crippen LogP contribution is 2.20. The molecule has 27 heavy (non-hydrogen) atoms. The summed E-state index contributed by atoms with van der Waals surface area (Å²) in [6.45, 7) is 3.42. The van der Waals surface area contributed by atoms with Crippen LogP contribution >= 0.6 is 11.3 Å². The maximum atomic E-state index is 10.9. The molecule has 8 heteroatoms. The van der Waals surface area contributed by atoms with Crippen molar-refractivity contribution in [2.75, 3.05) is 25.5 Å². The Bertz CT molecular complexity index is 856. The van der Waals surface area contributed by atoms with E-state index in [0.717, 1.165) is 17.1 Å². The van der Waals surface area contributed by atoms with Crippen LogP contribution in [-0.4, -0.2) is 45.0 Å². The summed E-state index contributed by atoms with van der Waals surface area (Å²) in [5.74, 6) is 0.692. The maximum Gasteiger partial charge on any atom is 0.251 e. The number of nitrogens with one attached hydrogen (secondary N) is 2. The van der Waals surface area contributed by atoms with Crippen molar-refractivity contribution in [1.82, 2.24) is 24.8 Å². The molecule has 1 aliphatic heterocycles. The number of thiophene rings is 1. The predicted molar refractivity (Wildman–Crippen MR) is 109 cm³/mol. The number of nitrogens with zero attached hydrogens (tertiary/aromatic N) is 4. The van der Waals surface area contributed by atoms with Crippen LogP contribution in [0.25, 0.3) is 10.6 Å². The van der Waals surface area contributed by atoms with Crippen molar-refractivity contribution in [1.29, 1.82) is 0 Å². The van der Waals surface area contributed by atoms with Gasteiger partial charge in [0.15, 0.2) is 0 Å². The van der Waals surface area contributed by atoms with Crippen LogP contribution in [0.3, 0.4) is 0 Å². The topological polar surface area (TPSA) is 86.8 Å². The van der Waals surface area contributed by atoms with Crippen molar-refractivity contribution in [3.63, 3.8) is 0 Å². The van der Waals surface area contributed by atoms with E-state index in [-0.39, 0.29) is 5.56 Å². The second-order valence-electron chi connectivity index (χ2n) is 6.28. The second kappa shape index (κ2) is 9.94. The molecule has 4 heterocycles. The fourth-order valence-corrected chi connectivity index (χ4v) is 3.56. The van der Waals surface area contributed by atoms with E-state index in [1.165, 1.54) is 50.3 Å². The Labute approximate surface area is 162 Å². The van der Waals surface area contributed by atoms with E-state index >= 15 is 0 Å². The van der Waals surface area contributed by atoms with Gasteiger partial charge < -0.3 is 10.3 Å². The lowest BCUT2D eigenvalue weighted by Crippen LogP contribution is -2.29. The highest BCUT2D eigenvalue weighted by molar-refractivity contribution is 7.13. The zero-order chi connectivity index (χ0) is 18.9. The molecule has 1 saturated heterocycles. The van der Waals surface area contributed by atoms with Gasteiger partial charge in [0.25, 0.3) is 5.56 Å². The van der Waals surface area contributed by atoms with E-state index in [2.05, 4.69) is 30.2 Å². The van der Waals surface area contributed by atoms with Gasteiger partial charge in [0.2, 0.25) is 5.95 Å². The monoisotopic (exact) mass is 384 g/mol. The van der Waals surface area contributed by atoms with Crippen LogP contribution in [-0.2, 0) is 6.54 Å². The van der Waals surface area contributed by atoms with Crippen molar-refractivity contribution < 1.29 is 0 Å². The highest BCUT2D eigenvalue weighted by Gasteiger charge is 2.10. The Kier molecular flexibility index (Phi) is 7.06. The Hall–Kier alpha value is -2.58. The molecule has 0 saturated carbocycles. The molecular weight excluding hydrogens is 360 g/mol. The molecule has 0 atom stereocenters. The Morgan fingerprint density at radius 1 is 1.19 bits per heavy atom. The fraction of sp³-hybridized carbons (Fsp3) is 0.368. The van der Waals surface area contributed by atoms with Gasteiger partial charge in [0.05, 0.1) is 16.9 Å². The molecule has 142 valence electrons. The van der Waals surface area contributed by atoms with Crippen molar-refractivity contribution in [3.8, 4) is 10.6 Å². The average molecular weight is 385 g/mol. The van der Waals surface area contributed by atoms with E-state index in [4.69, 9.17) is 0 Å². The minimum Gasteiger partial charge on any atom is -0.357 e. The van der Waals surface area contributed by atoms with Gasteiger partial charge in [-0.25, -0.2) is 15.0 Å². The molecular formula is C19H24N6OS. The number of aromatic amines is 1. The smallest absolute Gasteiger partial charge is 0.251 e. The summed E-state index contributed by atoms with van der Waals surface area (Å²) in [7, 11) is 1.83. The summed E-state index contributed by atoms with van der Waals surface area (Å²) in [5.41, 5.74) is 1.82. The van der Waals surface area contributed by atoms with E-state index < -0.39 is 0 Å². The summed E-state index contributed by atoms with van der Waals surface area (Å²) in [6, 6.07) is 5.36. The summed E-state index contributed by atoms with van der Waals surface area (Å²) in [6.07, 6.45) is 9.27. The molecule has 3 aromatic heterocycles. The lowest BCUT2D eigenvalue weighted by molar-refractivity contribution is 0.220. The number of rotatable bonds is 4. The van der Waals surface area contributed by atoms with Crippen molar-refractivity contribution in [2.45, 2.75) is 25.8 Å². The van der Waals surface area contributed by atoms with Crippen LogP contribution in [0.5, 0.6) is 0 Å². The summed E-state index contributed by atoms with van der Waals surface area (Å²) in [5, 5.41) is 4.88. The molecule has 3 aromatic rings. The highest BCUT2D eigenvalue weighted by atomic mass is 32.1. The zero-order valence-corrected chi connectivity index (χ0v) is 16.2. The molecule has 0 bridgehead atoms. The molecule has 0 radical (unpaired) electrons. The molecule has 0 amide bonds. The van der Waals surface area contributed by atoms with E-state index in [9.17, 15) is 4.79 Å². The molecule has 0 unspecified atom stereocenters. The third kappa shape index (κ3) is 5.97. The van der Waals surface area contributed by atoms with Crippen molar-refractivity contribution in [3.05, 3.63) is 58.2 Å². The van der Waals surface area contributed by atoms with Gasteiger partial charge in [0, 0.05) is 37.6 Å². The number of likely N-dealkylation sites (tertiary alicyclic amines) is 1. The van der Waals surface area contributed by atoms with Crippen LogP contribution in [0.15, 0.2) is 47.1 Å². The van der Waals surface area contributed by atoms with Gasteiger partial charge in [-0.3, -0.25) is 9.69 Å². The Morgan fingerprint density at radius 3 is 2.59 bits per heavy atom. The largest absolute Gasteiger partial charge is 0.357 e. The zero-order valence-electron chi connectivity index (χ0n) is 15.4. The Balaban J connectivity index is 0.000000159. The molecule has 0 aromatic carbocycles. The second-order valence-corrected chi connectivity index (χ2v) is 7.22. The Morgan fingerprint density at radius 2 is 1.96 bits per heavy atom. The lowest BCUT2D eigenvalue weighted by atomic mass is 10.1. The quantitative estimate of drug-likeness (QED) is 0.719. The summed E-state index contributed by atoms with van der Waals surface area (Å²) in [4.78, 5) is 29.3. The molecule has 7 nitrogen and oxygen atoms in total. The molecule has 1 aliphatic rings. The standard InChI is InChI=1S/C11H18N4.C8H6N2OS/c1-12-11-13-7-10(8-14-11)9-15-5-3-2-4-6-15;11-8-4-6(9-5-10-8)7-2-1-3-12-7/h7-8H,2-6,9H2,1H3,(H,12,13,14);1-5H,(H,9,10,11). The number of hydrogen-bond acceptors (Lipinski definition) is 7. The van der Waals surface area contributed by atoms with Crippen LogP contribution in [0, 0.1) is 0 Å². The number of H-pyrrole nitrogens is 1. The first-order valence-electron chi connectivity index (χ1n) is 9.04. The number of aromatic nitrogens is 4. The fourth-order valence-electron chi connectivity index (χ4n) is 2.87. The average Bonchev–Trinajstić information content (AvgIpc) is 3.25. The first-order valence-corrected chi connectivity index (χ1v) is 9.92. The number of hydrogen-bond donors (Lipinski definition) is 2. The molecule has 1 fully saturated rings. The van der Waals surface area contributed by atoms with Crippen LogP contribution in [0.1, 0.15) is 24.8 Å². The maximum absolute atomic E-state index is 10.9. The number of anilines is 1. The molecule has 4 rings (SSSR count). The molecule has 2 N–H and O–H groups in total. The van der Waals surface area contributed by atoms with Gasteiger partial charge in [-0.15, -0.1) is 11.3 Å². The van der Waals surface area contributed by atoms with Gasteiger partial charge in [-0.05, 0) is 37.4 Å². The van der Waals surface area contributed by atoms with Crippen LogP contribution in [0.4, 0.5) is 5.95 Å². The van der Waals surface area contributed by atoms with Crippen molar-refractivity contribution >= 4 is 17.3 Å². The SMILES string of the molecule is CNc1ncc(CN2CCCCC2)cn1.O=c1cc(-c2cccs2)nc[nH]1. The molecule has 0 spiro atoms. The predicted octanol–water partition coefficient (Wildman–Crippen LogP) is 3.00. The summed E-state index contributed by atoms with van der Waals surface area (Å²) < 4.78 is 0.